The van der Waals surface area contributed by atoms with Crippen LogP contribution in [-0.4, -0.2) is 41.5 Å². The Hall–Kier alpha value is -2.28. The highest BCUT2D eigenvalue weighted by atomic mass is 16.3. The maximum absolute atomic E-state index is 8.83. The van der Waals surface area contributed by atoms with Gasteiger partial charge in [-0.05, 0) is 25.5 Å². The predicted octanol–water partition coefficient (Wildman–Crippen LogP) is 1.09. The Kier molecular flexibility index (Phi) is 3.42. The molecule has 0 aliphatic rings. The fraction of sp³-hybridized carbons (Fsp3) is 0.385. The minimum atomic E-state index is 0.167. The maximum Gasteiger partial charge on any atom is 0.179 e. The molecule has 3 aromatic heterocycles. The molecule has 0 aliphatic carbocycles. The molecule has 0 spiro atoms. The Labute approximate surface area is 115 Å². The summed E-state index contributed by atoms with van der Waals surface area (Å²) < 4.78 is 3.59. The monoisotopic (exact) mass is 272 g/mol. The summed E-state index contributed by atoms with van der Waals surface area (Å²) in [6, 6.07) is 3.84. The van der Waals surface area contributed by atoms with Gasteiger partial charge in [-0.15, -0.1) is 5.10 Å². The number of pyridine rings is 1. The average Bonchev–Trinajstić information content (AvgIpc) is 3.10. The van der Waals surface area contributed by atoms with Crippen molar-refractivity contribution >= 4 is 11.2 Å². The first-order valence-electron chi connectivity index (χ1n) is 6.65. The fourth-order valence-corrected chi connectivity index (χ4v) is 2.08. The SMILES string of the molecule is CCn1nnc2ccc(-c3cnn(CCCO)c3)nc21. The number of aryl methyl sites for hydroxylation is 2. The van der Waals surface area contributed by atoms with Gasteiger partial charge in [0.15, 0.2) is 5.65 Å². The minimum absolute atomic E-state index is 0.167. The van der Waals surface area contributed by atoms with Crippen LogP contribution in [0.2, 0.25) is 0 Å². The second-order valence-electron chi connectivity index (χ2n) is 4.51. The van der Waals surface area contributed by atoms with Gasteiger partial charge in [0, 0.05) is 31.5 Å². The van der Waals surface area contributed by atoms with Gasteiger partial charge in [-0.3, -0.25) is 4.68 Å². The number of nitrogens with zero attached hydrogens (tertiary/aromatic N) is 6. The zero-order valence-electron chi connectivity index (χ0n) is 11.3. The minimum Gasteiger partial charge on any atom is -0.396 e. The molecule has 104 valence electrons. The molecule has 0 aromatic carbocycles. The van der Waals surface area contributed by atoms with Crippen LogP contribution in [0.1, 0.15) is 13.3 Å². The zero-order chi connectivity index (χ0) is 13.9. The molecular formula is C13H16N6O. The molecule has 3 rings (SSSR count). The standard InChI is InChI=1S/C13H16N6O/c1-2-19-13-12(16-17-19)5-4-11(15-13)10-8-14-18(9-10)6-3-7-20/h4-5,8-9,20H,2-3,6-7H2,1H3. The highest BCUT2D eigenvalue weighted by Gasteiger charge is 2.08. The summed E-state index contributed by atoms with van der Waals surface area (Å²) in [6.45, 7) is 3.62. The van der Waals surface area contributed by atoms with Crippen molar-refractivity contribution in [3.05, 3.63) is 24.5 Å². The number of aliphatic hydroxyl groups is 1. The first-order chi connectivity index (χ1) is 9.81. The summed E-state index contributed by atoms with van der Waals surface area (Å²) in [5.74, 6) is 0. The van der Waals surface area contributed by atoms with Crippen molar-refractivity contribution in [3.63, 3.8) is 0 Å². The molecule has 0 saturated carbocycles. The molecule has 1 N–H and O–H groups in total. The van der Waals surface area contributed by atoms with Crippen molar-refractivity contribution < 1.29 is 5.11 Å². The Morgan fingerprint density at radius 3 is 3.00 bits per heavy atom. The van der Waals surface area contributed by atoms with E-state index in [0.717, 1.165) is 29.0 Å². The van der Waals surface area contributed by atoms with E-state index in [1.165, 1.54) is 0 Å². The van der Waals surface area contributed by atoms with Crippen LogP contribution in [0.15, 0.2) is 24.5 Å². The van der Waals surface area contributed by atoms with E-state index >= 15 is 0 Å². The first-order valence-corrected chi connectivity index (χ1v) is 6.65. The van der Waals surface area contributed by atoms with Crippen LogP contribution in [0.4, 0.5) is 0 Å². The van der Waals surface area contributed by atoms with Crippen molar-refractivity contribution in [2.45, 2.75) is 26.4 Å². The first kappa shape index (κ1) is 12.7. The summed E-state index contributed by atoms with van der Waals surface area (Å²) >= 11 is 0. The van der Waals surface area contributed by atoms with Gasteiger partial charge in [-0.25, -0.2) is 9.67 Å². The average molecular weight is 272 g/mol. The third-order valence-electron chi connectivity index (χ3n) is 3.13. The lowest BCUT2D eigenvalue weighted by Gasteiger charge is -1.99. The number of rotatable bonds is 5. The number of hydrogen-bond donors (Lipinski definition) is 1. The summed E-state index contributed by atoms with van der Waals surface area (Å²) in [5.41, 5.74) is 3.38. The largest absolute Gasteiger partial charge is 0.396 e. The third-order valence-corrected chi connectivity index (χ3v) is 3.13. The number of fused-ring (bicyclic) bond motifs is 1. The summed E-state index contributed by atoms with van der Waals surface area (Å²) in [5, 5.41) is 21.2. The van der Waals surface area contributed by atoms with Gasteiger partial charge in [0.2, 0.25) is 0 Å². The van der Waals surface area contributed by atoms with Gasteiger partial charge < -0.3 is 5.11 Å². The van der Waals surface area contributed by atoms with E-state index in [4.69, 9.17) is 5.11 Å². The Balaban J connectivity index is 1.94. The zero-order valence-corrected chi connectivity index (χ0v) is 11.3. The van der Waals surface area contributed by atoms with Crippen molar-refractivity contribution in [1.29, 1.82) is 0 Å². The van der Waals surface area contributed by atoms with Crippen molar-refractivity contribution in [1.82, 2.24) is 29.8 Å². The molecule has 0 saturated heterocycles. The Morgan fingerprint density at radius 1 is 1.30 bits per heavy atom. The molecule has 0 atom stereocenters. The number of aromatic nitrogens is 6. The number of aliphatic hydroxyl groups excluding tert-OH is 1. The molecule has 7 nitrogen and oxygen atoms in total. The highest BCUT2D eigenvalue weighted by Crippen LogP contribution is 2.19. The predicted molar refractivity (Wildman–Crippen MR) is 73.9 cm³/mol. The van der Waals surface area contributed by atoms with Crippen LogP contribution in [0.3, 0.4) is 0 Å². The van der Waals surface area contributed by atoms with E-state index in [1.807, 2.05) is 29.9 Å². The van der Waals surface area contributed by atoms with Crippen molar-refractivity contribution in [3.8, 4) is 11.3 Å². The summed E-state index contributed by atoms with van der Waals surface area (Å²) in [6.07, 6.45) is 4.41. The lowest BCUT2D eigenvalue weighted by molar-refractivity contribution is 0.277. The van der Waals surface area contributed by atoms with Crippen molar-refractivity contribution in [2.24, 2.45) is 0 Å². The molecule has 0 amide bonds. The van der Waals surface area contributed by atoms with E-state index in [-0.39, 0.29) is 6.61 Å². The Morgan fingerprint density at radius 2 is 2.20 bits per heavy atom. The molecule has 0 unspecified atom stereocenters. The second-order valence-corrected chi connectivity index (χ2v) is 4.51. The van der Waals surface area contributed by atoms with Crippen molar-refractivity contribution in [2.75, 3.05) is 6.61 Å². The molecule has 7 heteroatoms. The van der Waals surface area contributed by atoms with Gasteiger partial charge in [-0.1, -0.05) is 5.21 Å². The molecular weight excluding hydrogens is 256 g/mol. The van der Waals surface area contributed by atoms with Gasteiger partial charge in [0.05, 0.1) is 11.9 Å². The summed E-state index contributed by atoms with van der Waals surface area (Å²) in [4.78, 5) is 4.61. The number of hydrogen-bond acceptors (Lipinski definition) is 5. The van der Waals surface area contributed by atoms with E-state index in [0.29, 0.717) is 13.0 Å². The molecule has 3 aromatic rings. The van der Waals surface area contributed by atoms with E-state index in [2.05, 4.69) is 20.4 Å². The van der Waals surface area contributed by atoms with Crippen LogP contribution >= 0.6 is 0 Å². The maximum atomic E-state index is 8.83. The van der Waals surface area contributed by atoms with Crippen LogP contribution in [-0.2, 0) is 13.1 Å². The molecule has 0 radical (unpaired) electrons. The smallest absolute Gasteiger partial charge is 0.179 e. The van der Waals surface area contributed by atoms with Gasteiger partial charge in [-0.2, -0.15) is 5.10 Å². The molecule has 0 bridgehead atoms. The second kappa shape index (κ2) is 5.38. The van der Waals surface area contributed by atoms with E-state index in [9.17, 15) is 0 Å². The van der Waals surface area contributed by atoms with E-state index in [1.54, 1.807) is 10.9 Å². The van der Waals surface area contributed by atoms with Crippen LogP contribution in [0.5, 0.6) is 0 Å². The molecule has 3 heterocycles. The van der Waals surface area contributed by atoms with Gasteiger partial charge in [0.25, 0.3) is 0 Å². The highest BCUT2D eigenvalue weighted by molar-refractivity contribution is 5.74. The third kappa shape index (κ3) is 2.27. The summed E-state index contributed by atoms with van der Waals surface area (Å²) in [7, 11) is 0. The molecule has 20 heavy (non-hydrogen) atoms. The molecule has 0 aliphatic heterocycles. The normalized spacial score (nSPS) is 11.3. The van der Waals surface area contributed by atoms with Gasteiger partial charge >= 0.3 is 0 Å². The van der Waals surface area contributed by atoms with Gasteiger partial charge in [0.1, 0.15) is 5.52 Å². The van der Waals surface area contributed by atoms with Crippen LogP contribution in [0.25, 0.3) is 22.4 Å². The molecule has 0 fully saturated rings. The quantitative estimate of drug-likeness (QED) is 0.752. The fourth-order valence-electron chi connectivity index (χ4n) is 2.08. The lowest BCUT2D eigenvalue weighted by atomic mass is 10.2. The van der Waals surface area contributed by atoms with E-state index < -0.39 is 0 Å². The van der Waals surface area contributed by atoms with Crippen LogP contribution in [0, 0.1) is 0 Å². The topological polar surface area (TPSA) is 81.7 Å². The van der Waals surface area contributed by atoms with Crippen LogP contribution < -0.4 is 0 Å². The lowest BCUT2D eigenvalue weighted by Crippen LogP contribution is -2.00. The Bertz CT molecular complexity index is 717.